The van der Waals surface area contributed by atoms with Crippen LogP contribution in [-0.4, -0.2) is 24.5 Å². The summed E-state index contributed by atoms with van der Waals surface area (Å²) in [5.41, 5.74) is 0.603. The first-order valence-electron chi connectivity index (χ1n) is 5.81. The lowest BCUT2D eigenvalue weighted by atomic mass is 10.2. The number of benzene rings is 1. The predicted molar refractivity (Wildman–Crippen MR) is 79.4 cm³/mol. The van der Waals surface area contributed by atoms with Crippen molar-refractivity contribution < 1.29 is 18.3 Å². The van der Waals surface area contributed by atoms with E-state index < -0.39 is 16.0 Å². The number of rotatable bonds is 5. The number of hydrogen-bond donors (Lipinski definition) is 2. The van der Waals surface area contributed by atoms with E-state index in [9.17, 15) is 13.2 Å². The van der Waals surface area contributed by atoms with Gasteiger partial charge in [0.15, 0.2) is 0 Å². The van der Waals surface area contributed by atoms with Crippen LogP contribution in [0.2, 0.25) is 0 Å². The molecule has 0 saturated carbocycles. The van der Waals surface area contributed by atoms with Crippen LogP contribution in [0.4, 0.5) is 0 Å². The summed E-state index contributed by atoms with van der Waals surface area (Å²) < 4.78 is 27.2. The molecule has 2 rings (SSSR count). The summed E-state index contributed by atoms with van der Waals surface area (Å²) in [5, 5.41) is 8.93. The fraction of sp³-hybridized carbons (Fsp3) is 0.0769. The van der Waals surface area contributed by atoms with E-state index >= 15 is 0 Å². The van der Waals surface area contributed by atoms with Gasteiger partial charge in [-0.05, 0) is 45.8 Å². The second-order valence-electron chi connectivity index (χ2n) is 4.14. The van der Waals surface area contributed by atoms with Crippen LogP contribution in [0.1, 0.15) is 15.9 Å². The maximum atomic E-state index is 12.2. The van der Waals surface area contributed by atoms with Crippen molar-refractivity contribution in [3.8, 4) is 0 Å². The normalized spacial score (nSPS) is 11.3. The SMILES string of the molecule is O=C(O)c1ccc(Br)c(S(=O)(=O)NCc2cccnc2)c1. The lowest BCUT2D eigenvalue weighted by Gasteiger charge is -2.09. The smallest absolute Gasteiger partial charge is 0.335 e. The van der Waals surface area contributed by atoms with Crippen molar-refractivity contribution in [3.63, 3.8) is 0 Å². The van der Waals surface area contributed by atoms with Crippen LogP contribution in [0.15, 0.2) is 52.1 Å². The summed E-state index contributed by atoms with van der Waals surface area (Å²) >= 11 is 3.12. The van der Waals surface area contributed by atoms with Crippen LogP contribution in [0.25, 0.3) is 0 Å². The molecule has 2 aromatic rings. The molecule has 0 amide bonds. The van der Waals surface area contributed by atoms with Gasteiger partial charge in [-0.15, -0.1) is 0 Å². The number of aromatic nitrogens is 1. The molecule has 8 heteroatoms. The van der Waals surface area contributed by atoms with Crippen LogP contribution in [0, 0.1) is 0 Å². The number of carboxylic acids is 1. The molecule has 110 valence electrons. The second-order valence-corrected chi connectivity index (χ2v) is 6.73. The standard InChI is InChI=1S/C13H11BrN2O4S/c14-11-4-3-10(13(17)18)6-12(11)21(19,20)16-8-9-2-1-5-15-7-9/h1-7,16H,8H2,(H,17,18). The molecule has 21 heavy (non-hydrogen) atoms. The number of carbonyl (C=O) groups is 1. The minimum atomic E-state index is -3.83. The Morgan fingerprint density at radius 3 is 2.71 bits per heavy atom. The third kappa shape index (κ3) is 3.87. The van der Waals surface area contributed by atoms with Crippen molar-refractivity contribution in [3.05, 3.63) is 58.3 Å². The maximum absolute atomic E-state index is 12.2. The molecule has 0 aliphatic rings. The number of carboxylic acid groups (broad SMARTS) is 1. The Hall–Kier alpha value is -1.77. The molecular weight excluding hydrogens is 360 g/mol. The van der Waals surface area contributed by atoms with E-state index in [2.05, 4.69) is 25.6 Å². The number of nitrogens with zero attached hydrogens (tertiary/aromatic N) is 1. The number of pyridine rings is 1. The Bertz CT molecular complexity index is 763. The molecule has 1 aromatic carbocycles. The zero-order chi connectivity index (χ0) is 15.5. The van der Waals surface area contributed by atoms with E-state index in [1.807, 2.05) is 0 Å². The third-order valence-electron chi connectivity index (χ3n) is 2.66. The Morgan fingerprint density at radius 1 is 1.33 bits per heavy atom. The summed E-state index contributed by atoms with van der Waals surface area (Å²) in [6.07, 6.45) is 3.14. The topological polar surface area (TPSA) is 96.4 Å². The quantitative estimate of drug-likeness (QED) is 0.838. The molecule has 0 aliphatic carbocycles. The van der Waals surface area contributed by atoms with Gasteiger partial charge < -0.3 is 5.11 Å². The molecule has 0 aliphatic heterocycles. The van der Waals surface area contributed by atoms with E-state index in [0.29, 0.717) is 10.0 Å². The predicted octanol–water partition coefficient (Wildman–Crippen LogP) is 2.02. The fourth-order valence-corrected chi connectivity index (χ4v) is 3.61. The van der Waals surface area contributed by atoms with Crippen molar-refractivity contribution in [2.45, 2.75) is 11.4 Å². The number of hydrogen-bond acceptors (Lipinski definition) is 4. The molecule has 0 bridgehead atoms. The minimum Gasteiger partial charge on any atom is -0.478 e. The number of aromatic carboxylic acids is 1. The Labute approximate surface area is 130 Å². The van der Waals surface area contributed by atoms with Crippen molar-refractivity contribution in [1.82, 2.24) is 9.71 Å². The molecule has 1 aromatic heterocycles. The van der Waals surface area contributed by atoms with Gasteiger partial charge in [0.25, 0.3) is 0 Å². The summed E-state index contributed by atoms with van der Waals surface area (Å²) in [4.78, 5) is 14.7. The summed E-state index contributed by atoms with van der Waals surface area (Å²) in [7, 11) is -3.83. The Balaban J connectivity index is 2.27. The van der Waals surface area contributed by atoms with E-state index in [1.165, 1.54) is 12.1 Å². The van der Waals surface area contributed by atoms with Crippen molar-refractivity contribution in [2.24, 2.45) is 0 Å². The summed E-state index contributed by atoms with van der Waals surface area (Å²) in [6, 6.07) is 7.26. The average molecular weight is 371 g/mol. The van der Waals surface area contributed by atoms with Crippen LogP contribution in [0.3, 0.4) is 0 Å². The molecule has 0 atom stereocenters. The van der Waals surface area contributed by atoms with Gasteiger partial charge in [-0.2, -0.15) is 0 Å². The molecule has 0 fully saturated rings. The highest BCUT2D eigenvalue weighted by Crippen LogP contribution is 2.23. The van der Waals surface area contributed by atoms with E-state index in [-0.39, 0.29) is 17.0 Å². The zero-order valence-electron chi connectivity index (χ0n) is 10.7. The molecule has 2 N–H and O–H groups in total. The van der Waals surface area contributed by atoms with Crippen molar-refractivity contribution in [1.29, 1.82) is 0 Å². The van der Waals surface area contributed by atoms with E-state index in [4.69, 9.17) is 5.11 Å². The van der Waals surface area contributed by atoms with Crippen LogP contribution >= 0.6 is 15.9 Å². The molecule has 0 radical (unpaired) electrons. The maximum Gasteiger partial charge on any atom is 0.335 e. The molecule has 1 heterocycles. The number of halogens is 1. The Kier molecular flexibility index (Phi) is 4.71. The van der Waals surface area contributed by atoms with E-state index in [0.717, 1.165) is 6.07 Å². The van der Waals surface area contributed by atoms with Crippen LogP contribution < -0.4 is 4.72 Å². The highest BCUT2D eigenvalue weighted by Gasteiger charge is 2.19. The first-order valence-corrected chi connectivity index (χ1v) is 8.09. The highest BCUT2D eigenvalue weighted by atomic mass is 79.9. The summed E-state index contributed by atoms with van der Waals surface area (Å²) in [6.45, 7) is 0.0694. The lowest BCUT2D eigenvalue weighted by molar-refractivity contribution is 0.0696. The van der Waals surface area contributed by atoms with Crippen molar-refractivity contribution >= 4 is 31.9 Å². The average Bonchev–Trinajstić information content (AvgIpc) is 2.46. The van der Waals surface area contributed by atoms with Gasteiger partial charge >= 0.3 is 5.97 Å². The van der Waals surface area contributed by atoms with Crippen molar-refractivity contribution in [2.75, 3.05) is 0 Å². The van der Waals surface area contributed by atoms with Gasteiger partial charge in [0.2, 0.25) is 10.0 Å². The first kappa shape index (κ1) is 15.6. The second kappa shape index (κ2) is 6.33. The minimum absolute atomic E-state index is 0.0694. The third-order valence-corrected chi connectivity index (χ3v) is 5.05. The van der Waals surface area contributed by atoms with E-state index in [1.54, 1.807) is 24.5 Å². The number of sulfonamides is 1. The van der Waals surface area contributed by atoms with Gasteiger partial charge in [-0.25, -0.2) is 17.9 Å². The van der Waals surface area contributed by atoms with Gasteiger partial charge in [0, 0.05) is 23.4 Å². The molecule has 0 unspecified atom stereocenters. The monoisotopic (exact) mass is 370 g/mol. The van der Waals surface area contributed by atoms with Crippen LogP contribution in [-0.2, 0) is 16.6 Å². The first-order chi connectivity index (χ1) is 9.90. The highest BCUT2D eigenvalue weighted by molar-refractivity contribution is 9.10. The van der Waals surface area contributed by atoms with Gasteiger partial charge in [-0.3, -0.25) is 4.98 Å². The van der Waals surface area contributed by atoms with Gasteiger partial charge in [-0.1, -0.05) is 6.07 Å². The lowest BCUT2D eigenvalue weighted by Crippen LogP contribution is -2.24. The zero-order valence-corrected chi connectivity index (χ0v) is 13.1. The van der Waals surface area contributed by atoms with Crippen LogP contribution in [0.5, 0.6) is 0 Å². The van der Waals surface area contributed by atoms with Gasteiger partial charge in [0.05, 0.1) is 10.5 Å². The molecule has 6 nitrogen and oxygen atoms in total. The number of nitrogens with one attached hydrogen (secondary N) is 1. The largest absolute Gasteiger partial charge is 0.478 e. The fourth-order valence-electron chi connectivity index (χ4n) is 1.60. The molecular formula is C13H11BrN2O4S. The molecule has 0 spiro atoms. The van der Waals surface area contributed by atoms with Gasteiger partial charge in [0.1, 0.15) is 0 Å². The molecule has 0 saturated heterocycles. The Morgan fingerprint density at radius 2 is 2.10 bits per heavy atom. The summed E-state index contributed by atoms with van der Waals surface area (Å²) in [5.74, 6) is -1.19.